The van der Waals surface area contributed by atoms with Gasteiger partial charge in [0, 0.05) is 6.61 Å². The molecule has 0 fully saturated rings. The van der Waals surface area contributed by atoms with Crippen molar-refractivity contribution >= 4 is 15.9 Å². The Labute approximate surface area is 123 Å². The Hall–Kier alpha value is -0.780. The summed E-state index contributed by atoms with van der Waals surface area (Å²) in [7, 11) is 1.63. The van der Waals surface area contributed by atoms with Gasteiger partial charge < -0.3 is 19.9 Å². The van der Waals surface area contributed by atoms with Gasteiger partial charge in [0.05, 0.1) is 18.2 Å². The van der Waals surface area contributed by atoms with Crippen LogP contribution in [-0.2, 0) is 11.2 Å². The smallest absolute Gasteiger partial charge is 0.175 e. The lowest BCUT2D eigenvalue weighted by atomic mass is 10.1. The number of nitrogens with two attached hydrogens (primary N) is 1. The minimum Gasteiger partial charge on any atom is -0.493 e. The molecule has 19 heavy (non-hydrogen) atoms. The molecule has 0 aliphatic carbocycles. The number of methoxy groups -OCH3 is 1. The van der Waals surface area contributed by atoms with Gasteiger partial charge in [-0.2, -0.15) is 0 Å². The maximum atomic E-state index is 5.71. The molecule has 0 aliphatic heterocycles. The monoisotopic (exact) mass is 331 g/mol. The predicted molar refractivity (Wildman–Crippen MR) is 80.1 cm³/mol. The van der Waals surface area contributed by atoms with Gasteiger partial charge in [0.1, 0.15) is 6.61 Å². The van der Waals surface area contributed by atoms with Crippen LogP contribution in [0.2, 0.25) is 0 Å². The fraction of sp³-hybridized carbons (Fsp3) is 0.571. The fourth-order valence-electron chi connectivity index (χ4n) is 1.67. The number of rotatable bonds is 9. The Bertz CT molecular complexity index is 385. The number of ether oxygens (including phenoxy) is 3. The number of halogens is 1. The minimum atomic E-state index is 0.505. The lowest BCUT2D eigenvalue weighted by molar-refractivity contribution is 0.0992. The molecule has 0 amide bonds. The van der Waals surface area contributed by atoms with Crippen molar-refractivity contribution in [3.8, 4) is 11.5 Å². The summed E-state index contributed by atoms with van der Waals surface area (Å²) in [4.78, 5) is 0. The van der Waals surface area contributed by atoms with E-state index in [-0.39, 0.29) is 0 Å². The van der Waals surface area contributed by atoms with E-state index in [2.05, 4.69) is 22.9 Å². The third-order valence-corrected chi connectivity index (χ3v) is 3.13. The molecular formula is C14H22BrNO3. The van der Waals surface area contributed by atoms with Crippen LogP contribution in [0.25, 0.3) is 0 Å². The summed E-state index contributed by atoms with van der Waals surface area (Å²) in [5.74, 6) is 1.43. The third-order valence-electron chi connectivity index (χ3n) is 2.54. The molecule has 0 atom stereocenters. The van der Waals surface area contributed by atoms with Gasteiger partial charge in [0.15, 0.2) is 11.5 Å². The van der Waals surface area contributed by atoms with Crippen molar-refractivity contribution < 1.29 is 14.2 Å². The predicted octanol–water partition coefficient (Wildman–Crippen LogP) is 2.76. The van der Waals surface area contributed by atoms with Crippen LogP contribution in [0, 0.1) is 0 Å². The Morgan fingerprint density at radius 1 is 1.21 bits per heavy atom. The van der Waals surface area contributed by atoms with E-state index in [4.69, 9.17) is 19.9 Å². The van der Waals surface area contributed by atoms with Gasteiger partial charge in [-0.05, 0) is 53.0 Å². The molecule has 1 aromatic carbocycles. The normalized spacial score (nSPS) is 10.5. The molecule has 0 spiro atoms. The molecule has 1 aromatic rings. The quantitative estimate of drug-likeness (QED) is 0.707. The van der Waals surface area contributed by atoms with E-state index >= 15 is 0 Å². The van der Waals surface area contributed by atoms with E-state index in [1.54, 1.807) is 7.11 Å². The second kappa shape index (κ2) is 9.18. The molecule has 0 saturated heterocycles. The Kier molecular flexibility index (Phi) is 7.86. The highest BCUT2D eigenvalue weighted by Gasteiger charge is 2.11. The Morgan fingerprint density at radius 3 is 2.63 bits per heavy atom. The lowest BCUT2D eigenvalue weighted by Gasteiger charge is -2.14. The SMILES string of the molecule is CCCOCCOc1c(Br)cc(CCN)cc1OC. The molecule has 0 saturated carbocycles. The van der Waals surface area contributed by atoms with E-state index in [0.717, 1.165) is 29.5 Å². The highest BCUT2D eigenvalue weighted by atomic mass is 79.9. The van der Waals surface area contributed by atoms with E-state index in [9.17, 15) is 0 Å². The highest BCUT2D eigenvalue weighted by Crippen LogP contribution is 2.36. The minimum absolute atomic E-state index is 0.505. The maximum absolute atomic E-state index is 5.71. The van der Waals surface area contributed by atoms with E-state index < -0.39 is 0 Å². The van der Waals surface area contributed by atoms with Crippen molar-refractivity contribution in [3.63, 3.8) is 0 Å². The first-order chi connectivity index (χ1) is 9.22. The topological polar surface area (TPSA) is 53.7 Å². The summed E-state index contributed by atoms with van der Waals surface area (Å²) in [5, 5.41) is 0. The number of benzene rings is 1. The van der Waals surface area contributed by atoms with Gasteiger partial charge in [-0.25, -0.2) is 0 Å². The van der Waals surface area contributed by atoms with Crippen LogP contribution in [-0.4, -0.2) is 33.5 Å². The van der Waals surface area contributed by atoms with Crippen molar-refractivity contribution in [2.45, 2.75) is 19.8 Å². The summed E-state index contributed by atoms with van der Waals surface area (Å²) in [6.07, 6.45) is 1.83. The van der Waals surface area contributed by atoms with E-state index in [1.165, 1.54) is 0 Å². The second-order valence-electron chi connectivity index (χ2n) is 4.11. The molecule has 1 rings (SSSR count). The average Bonchev–Trinajstić information content (AvgIpc) is 2.40. The van der Waals surface area contributed by atoms with Crippen molar-refractivity contribution in [1.29, 1.82) is 0 Å². The number of hydrogen-bond acceptors (Lipinski definition) is 4. The van der Waals surface area contributed by atoms with E-state index in [1.807, 2.05) is 12.1 Å². The molecule has 0 aliphatic rings. The van der Waals surface area contributed by atoms with Crippen LogP contribution in [0.3, 0.4) is 0 Å². The Morgan fingerprint density at radius 2 is 2.00 bits per heavy atom. The van der Waals surface area contributed by atoms with Gasteiger partial charge in [-0.3, -0.25) is 0 Å². The van der Waals surface area contributed by atoms with Gasteiger partial charge in [0.2, 0.25) is 0 Å². The molecule has 5 heteroatoms. The molecule has 0 radical (unpaired) electrons. The molecule has 0 aromatic heterocycles. The zero-order chi connectivity index (χ0) is 14.1. The summed E-state index contributed by atoms with van der Waals surface area (Å²) in [6, 6.07) is 3.97. The lowest BCUT2D eigenvalue weighted by Crippen LogP contribution is -2.09. The molecule has 4 nitrogen and oxygen atoms in total. The van der Waals surface area contributed by atoms with Crippen LogP contribution in [0.4, 0.5) is 0 Å². The molecule has 0 heterocycles. The summed E-state index contributed by atoms with van der Waals surface area (Å²) in [5.41, 5.74) is 6.69. The first-order valence-corrected chi connectivity index (χ1v) is 7.29. The third kappa shape index (κ3) is 5.38. The molecule has 108 valence electrons. The first-order valence-electron chi connectivity index (χ1n) is 6.50. The van der Waals surface area contributed by atoms with Crippen molar-refractivity contribution in [2.24, 2.45) is 5.73 Å². The van der Waals surface area contributed by atoms with Crippen LogP contribution in [0.5, 0.6) is 11.5 Å². The molecule has 2 N–H and O–H groups in total. The van der Waals surface area contributed by atoms with Gasteiger partial charge in [-0.15, -0.1) is 0 Å². The van der Waals surface area contributed by atoms with Crippen molar-refractivity contribution in [3.05, 3.63) is 22.2 Å². The van der Waals surface area contributed by atoms with Crippen molar-refractivity contribution in [2.75, 3.05) is 33.5 Å². The summed E-state index contributed by atoms with van der Waals surface area (Å²) < 4.78 is 17.3. The maximum Gasteiger partial charge on any atom is 0.175 e. The first kappa shape index (κ1) is 16.3. The second-order valence-corrected chi connectivity index (χ2v) is 4.96. The van der Waals surface area contributed by atoms with Crippen LogP contribution in [0.15, 0.2) is 16.6 Å². The molecule has 0 bridgehead atoms. The van der Waals surface area contributed by atoms with Crippen LogP contribution >= 0.6 is 15.9 Å². The van der Waals surface area contributed by atoms with Gasteiger partial charge >= 0.3 is 0 Å². The molecular weight excluding hydrogens is 310 g/mol. The zero-order valence-electron chi connectivity index (χ0n) is 11.6. The Balaban J connectivity index is 2.65. The standard InChI is InChI=1S/C14H22BrNO3/c1-3-6-18-7-8-19-14-12(15)9-11(4-5-16)10-13(14)17-2/h9-10H,3-8,16H2,1-2H3. The average molecular weight is 332 g/mol. The van der Waals surface area contributed by atoms with Crippen LogP contribution < -0.4 is 15.2 Å². The van der Waals surface area contributed by atoms with Gasteiger partial charge in [-0.1, -0.05) is 6.92 Å². The highest BCUT2D eigenvalue weighted by molar-refractivity contribution is 9.10. The van der Waals surface area contributed by atoms with E-state index in [0.29, 0.717) is 31.3 Å². The van der Waals surface area contributed by atoms with Crippen LogP contribution in [0.1, 0.15) is 18.9 Å². The van der Waals surface area contributed by atoms with Crippen molar-refractivity contribution in [1.82, 2.24) is 0 Å². The number of hydrogen-bond donors (Lipinski definition) is 1. The zero-order valence-corrected chi connectivity index (χ0v) is 13.2. The largest absolute Gasteiger partial charge is 0.493 e. The molecule has 0 unspecified atom stereocenters. The summed E-state index contributed by atoms with van der Waals surface area (Å²) >= 11 is 3.51. The summed E-state index contributed by atoms with van der Waals surface area (Å²) in [6.45, 7) is 4.54. The van der Waals surface area contributed by atoms with Gasteiger partial charge in [0.25, 0.3) is 0 Å². The fourth-order valence-corrected chi connectivity index (χ4v) is 2.28.